The highest BCUT2D eigenvalue weighted by molar-refractivity contribution is 9.10. The molecule has 0 fully saturated rings. The van der Waals surface area contributed by atoms with Crippen molar-refractivity contribution in [2.45, 2.75) is 19.9 Å². The van der Waals surface area contributed by atoms with Gasteiger partial charge in [-0.15, -0.1) is 0 Å². The van der Waals surface area contributed by atoms with E-state index < -0.39 is 5.97 Å². The van der Waals surface area contributed by atoms with Crippen LogP contribution in [0.3, 0.4) is 0 Å². The third kappa shape index (κ3) is 5.17. The van der Waals surface area contributed by atoms with Crippen molar-refractivity contribution in [2.75, 3.05) is 6.61 Å². The van der Waals surface area contributed by atoms with E-state index >= 15 is 0 Å². The van der Waals surface area contributed by atoms with Crippen molar-refractivity contribution in [1.29, 1.82) is 0 Å². The summed E-state index contributed by atoms with van der Waals surface area (Å²) in [5.74, 6) is -0.939. The Morgan fingerprint density at radius 3 is 2.61 bits per heavy atom. The normalized spacial score (nSPS) is 11.6. The smallest absolute Gasteiger partial charge is 0.340 e. The van der Waals surface area contributed by atoms with Gasteiger partial charge in [0.25, 0.3) is 5.91 Å². The van der Waals surface area contributed by atoms with Crippen LogP contribution < -0.4 is 5.32 Å². The number of pyridine rings is 1. The molecule has 1 atom stereocenters. The molecule has 0 radical (unpaired) electrons. The zero-order valence-corrected chi connectivity index (χ0v) is 14.5. The molecule has 5 nitrogen and oxygen atoms in total. The predicted molar refractivity (Wildman–Crippen MR) is 90.0 cm³/mol. The average Bonchev–Trinajstić information content (AvgIpc) is 2.53. The molecule has 0 bridgehead atoms. The topological polar surface area (TPSA) is 68.3 Å². The van der Waals surface area contributed by atoms with Crippen LogP contribution >= 0.6 is 15.9 Å². The van der Waals surface area contributed by atoms with Crippen LogP contribution in [0.25, 0.3) is 0 Å². The summed E-state index contributed by atoms with van der Waals surface area (Å²) in [7, 11) is 0. The van der Waals surface area contributed by atoms with Gasteiger partial charge in [0.2, 0.25) is 0 Å². The number of aryl methyl sites for hydroxylation is 1. The summed E-state index contributed by atoms with van der Waals surface area (Å²) in [4.78, 5) is 27.6. The van der Waals surface area contributed by atoms with E-state index in [0.717, 1.165) is 11.1 Å². The van der Waals surface area contributed by atoms with Gasteiger partial charge < -0.3 is 10.1 Å². The van der Waals surface area contributed by atoms with E-state index in [1.165, 1.54) is 6.20 Å². The number of amides is 1. The van der Waals surface area contributed by atoms with Crippen molar-refractivity contribution in [2.24, 2.45) is 0 Å². The van der Waals surface area contributed by atoms with Gasteiger partial charge >= 0.3 is 5.97 Å². The second kappa shape index (κ2) is 7.87. The molecule has 1 aromatic heterocycles. The third-order valence-electron chi connectivity index (χ3n) is 3.23. The fourth-order valence-electron chi connectivity index (χ4n) is 1.96. The third-order valence-corrected chi connectivity index (χ3v) is 3.66. The molecule has 0 spiro atoms. The summed E-state index contributed by atoms with van der Waals surface area (Å²) >= 11 is 3.22. The van der Waals surface area contributed by atoms with Crippen molar-refractivity contribution in [3.05, 3.63) is 63.9 Å². The Kier molecular flexibility index (Phi) is 5.87. The number of nitrogens with zero attached hydrogens (tertiary/aromatic N) is 1. The summed E-state index contributed by atoms with van der Waals surface area (Å²) in [6, 6.07) is 9.31. The van der Waals surface area contributed by atoms with Crippen LogP contribution in [-0.2, 0) is 9.53 Å². The number of rotatable bonds is 5. The molecule has 1 N–H and O–H groups in total. The Hall–Kier alpha value is -2.21. The van der Waals surface area contributed by atoms with Gasteiger partial charge in [-0.1, -0.05) is 29.8 Å². The van der Waals surface area contributed by atoms with Gasteiger partial charge in [0.15, 0.2) is 6.61 Å². The standard InChI is InChI=1S/C17H17BrN2O3/c1-11-3-5-13(6-4-11)12(2)20-16(21)10-23-17(22)14-7-15(18)9-19-8-14/h3-9,12H,10H2,1-2H3,(H,20,21)/t12-/m1/s1. The van der Waals surface area contributed by atoms with Crippen LogP contribution in [0.2, 0.25) is 0 Å². The Balaban J connectivity index is 1.85. The predicted octanol–water partition coefficient (Wildman–Crippen LogP) is 3.19. The van der Waals surface area contributed by atoms with E-state index in [2.05, 4.69) is 26.2 Å². The largest absolute Gasteiger partial charge is 0.452 e. The van der Waals surface area contributed by atoms with Gasteiger partial charge in [-0.25, -0.2) is 4.79 Å². The number of benzene rings is 1. The minimum atomic E-state index is -0.586. The Bertz CT molecular complexity index is 701. The SMILES string of the molecule is Cc1ccc([C@@H](C)NC(=O)COC(=O)c2cncc(Br)c2)cc1. The summed E-state index contributed by atoms with van der Waals surface area (Å²) in [5.41, 5.74) is 2.44. The molecule has 1 aromatic carbocycles. The van der Waals surface area contributed by atoms with Crippen molar-refractivity contribution in [3.63, 3.8) is 0 Å². The van der Waals surface area contributed by atoms with Crippen LogP contribution in [0, 0.1) is 6.92 Å². The number of nitrogens with one attached hydrogen (secondary N) is 1. The summed E-state index contributed by atoms with van der Waals surface area (Å²) in [6.07, 6.45) is 2.95. The molecule has 0 aliphatic heterocycles. The molecule has 0 aliphatic rings. The summed E-state index contributed by atoms with van der Waals surface area (Å²) < 4.78 is 5.66. The van der Waals surface area contributed by atoms with E-state index in [4.69, 9.17) is 4.74 Å². The minimum absolute atomic E-state index is 0.158. The Labute approximate surface area is 143 Å². The van der Waals surface area contributed by atoms with Gasteiger partial charge in [-0.2, -0.15) is 0 Å². The molecule has 0 saturated carbocycles. The molecule has 1 amide bonds. The molecule has 120 valence electrons. The highest BCUT2D eigenvalue weighted by Crippen LogP contribution is 2.13. The molecule has 23 heavy (non-hydrogen) atoms. The van der Waals surface area contributed by atoms with Crippen LogP contribution in [0.4, 0.5) is 0 Å². The lowest BCUT2D eigenvalue weighted by Gasteiger charge is -2.14. The fraction of sp³-hybridized carbons (Fsp3) is 0.235. The van der Waals surface area contributed by atoms with Gasteiger partial charge in [0, 0.05) is 16.9 Å². The first kappa shape index (κ1) is 17.1. The number of hydrogen-bond acceptors (Lipinski definition) is 4. The van der Waals surface area contributed by atoms with Crippen molar-refractivity contribution in [1.82, 2.24) is 10.3 Å². The Morgan fingerprint density at radius 1 is 1.26 bits per heavy atom. The molecule has 0 unspecified atom stereocenters. The van der Waals surface area contributed by atoms with Crippen LogP contribution in [0.15, 0.2) is 47.2 Å². The maximum absolute atomic E-state index is 11.9. The zero-order chi connectivity index (χ0) is 16.8. The van der Waals surface area contributed by atoms with Crippen molar-refractivity contribution < 1.29 is 14.3 Å². The van der Waals surface area contributed by atoms with Crippen molar-refractivity contribution >= 4 is 27.8 Å². The maximum atomic E-state index is 11.9. The first-order chi connectivity index (χ1) is 11.0. The number of halogens is 1. The van der Waals surface area contributed by atoms with E-state index in [1.807, 2.05) is 38.1 Å². The first-order valence-corrected chi connectivity index (χ1v) is 7.88. The second-order valence-corrected chi connectivity index (χ2v) is 6.08. The van der Waals surface area contributed by atoms with Crippen LogP contribution in [0.1, 0.15) is 34.5 Å². The van der Waals surface area contributed by atoms with Crippen LogP contribution in [0.5, 0.6) is 0 Å². The number of carbonyl (C=O) groups excluding carboxylic acids is 2. The van der Waals surface area contributed by atoms with Gasteiger partial charge in [0.05, 0.1) is 11.6 Å². The van der Waals surface area contributed by atoms with Gasteiger partial charge in [-0.3, -0.25) is 9.78 Å². The minimum Gasteiger partial charge on any atom is -0.452 e. The van der Waals surface area contributed by atoms with Gasteiger partial charge in [0.1, 0.15) is 0 Å². The number of hydrogen-bond donors (Lipinski definition) is 1. The molecule has 2 aromatic rings. The fourth-order valence-corrected chi connectivity index (χ4v) is 2.32. The number of carbonyl (C=O) groups is 2. The lowest BCUT2D eigenvalue weighted by Crippen LogP contribution is -2.31. The molecule has 6 heteroatoms. The monoisotopic (exact) mass is 376 g/mol. The lowest BCUT2D eigenvalue weighted by atomic mass is 10.1. The van der Waals surface area contributed by atoms with E-state index in [9.17, 15) is 9.59 Å². The van der Waals surface area contributed by atoms with Crippen molar-refractivity contribution in [3.8, 4) is 0 Å². The highest BCUT2D eigenvalue weighted by Gasteiger charge is 2.13. The summed E-state index contributed by atoms with van der Waals surface area (Å²) in [5, 5.41) is 2.79. The zero-order valence-electron chi connectivity index (χ0n) is 12.9. The highest BCUT2D eigenvalue weighted by atomic mass is 79.9. The van der Waals surface area contributed by atoms with Gasteiger partial charge in [-0.05, 0) is 41.4 Å². The van der Waals surface area contributed by atoms with E-state index in [1.54, 1.807) is 12.3 Å². The van der Waals surface area contributed by atoms with Crippen LogP contribution in [-0.4, -0.2) is 23.5 Å². The first-order valence-electron chi connectivity index (χ1n) is 7.09. The number of ether oxygens (including phenoxy) is 1. The maximum Gasteiger partial charge on any atom is 0.340 e. The second-order valence-electron chi connectivity index (χ2n) is 5.17. The average molecular weight is 377 g/mol. The lowest BCUT2D eigenvalue weighted by molar-refractivity contribution is -0.124. The molecule has 0 aliphatic carbocycles. The Morgan fingerprint density at radius 2 is 1.96 bits per heavy atom. The molecule has 2 rings (SSSR count). The number of aromatic nitrogens is 1. The van der Waals surface area contributed by atoms with E-state index in [-0.39, 0.29) is 18.6 Å². The molecule has 1 heterocycles. The molecule has 0 saturated heterocycles. The van der Waals surface area contributed by atoms with E-state index in [0.29, 0.717) is 10.0 Å². The molecular formula is C17H17BrN2O3. The quantitative estimate of drug-likeness (QED) is 0.813. The summed E-state index contributed by atoms with van der Waals surface area (Å²) in [6.45, 7) is 3.55. The molecular weight excluding hydrogens is 360 g/mol. The number of esters is 1.